The topological polar surface area (TPSA) is 16.1 Å². The number of rotatable bonds is 3. The van der Waals surface area contributed by atoms with Crippen LogP contribution < -0.4 is 4.90 Å². The van der Waals surface area contributed by atoms with Gasteiger partial charge in [-0.25, -0.2) is 4.98 Å². The summed E-state index contributed by atoms with van der Waals surface area (Å²) in [7, 11) is 2.17. The number of pyridine rings is 1. The van der Waals surface area contributed by atoms with Gasteiger partial charge in [0.05, 0.1) is 0 Å². The van der Waals surface area contributed by atoms with Crippen LogP contribution in [0.15, 0.2) is 12.1 Å². The second-order valence-corrected chi connectivity index (χ2v) is 5.84. The van der Waals surface area contributed by atoms with Gasteiger partial charge in [-0.3, -0.25) is 0 Å². The molecule has 0 N–H and O–H groups in total. The minimum absolute atomic E-state index is 0.545. The van der Waals surface area contributed by atoms with Crippen molar-refractivity contribution >= 4 is 17.4 Å². The monoisotopic (exact) mass is 266 g/mol. The first-order valence-corrected chi connectivity index (χ1v) is 7.40. The van der Waals surface area contributed by atoms with E-state index in [9.17, 15) is 0 Å². The average molecular weight is 267 g/mol. The van der Waals surface area contributed by atoms with Crippen molar-refractivity contribution in [2.75, 3.05) is 11.9 Å². The summed E-state index contributed by atoms with van der Waals surface area (Å²) < 4.78 is 0. The summed E-state index contributed by atoms with van der Waals surface area (Å²) >= 11 is 5.88. The Labute approximate surface area is 115 Å². The van der Waals surface area contributed by atoms with E-state index in [1.807, 2.05) is 6.92 Å². The van der Waals surface area contributed by atoms with Crippen molar-refractivity contribution in [3.05, 3.63) is 23.4 Å². The van der Waals surface area contributed by atoms with E-state index in [2.05, 4.69) is 36.0 Å². The van der Waals surface area contributed by atoms with Crippen molar-refractivity contribution in [2.24, 2.45) is 5.92 Å². The lowest BCUT2D eigenvalue weighted by Gasteiger charge is -2.34. The summed E-state index contributed by atoms with van der Waals surface area (Å²) in [5.41, 5.74) is 2.18. The van der Waals surface area contributed by atoms with Crippen LogP contribution in [0.25, 0.3) is 0 Å². The minimum Gasteiger partial charge on any atom is -0.357 e. The Bertz CT molecular complexity index is 397. The van der Waals surface area contributed by atoms with Crippen molar-refractivity contribution in [1.82, 2.24) is 4.98 Å². The molecule has 3 heteroatoms. The lowest BCUT2D eigenvalue weighted by atomic mass is 9.87. The van der Waals surface area contributed by atoms with E-state index >= 15 is 0 Å². The third-order valence-corrected chi connectivity index (χ3v) is 4.51. The molecule has 1 heterocycles. The zero-order valence-electron chi connectivity index (χ0n) is 11.6. The molecule has 100 valence electrons. The second-order valence-electron chi connectivity index (χ2n) is 5.57. The summed E-state index contributed by atoms with van der Waals surface area (Å²) in [4.78, 5) is 7.02. The van der Waals surface area contributed by atoms with E-state index in [0.29, 0.717) is 11.9 Å². The van der Waals surface area contributed by atoms with Crippen molar-refractivity contribution in [3.8, 4) is 0 Å². The number of hydrogen-bond donors (Lipinski definition) is 0. The minimum atomic E-state index is 0.545. The molecule has 1 fully saturated rings. The van der Waals surface area contributed by atoms with Crippen molar-refractivity contribution in [1.29, 1.82) is 0 Å². The quantitative estimate of drug-likeness (QED) is 0.765. The number of halogens is 1. The zero-order chi connectivity index (χ0) is 13.1. The number of aryl methyl sites for hydroxylation is 1. The number of nitrogens with zero attached hydrogens (tertiary/aromatic N) is 2. The third-order valence-electron chi connectivity index (χ3n) is 4.22. The predicted octanol–water partition coefficient (Wildman–Crippen LogP) is 4.14. The van der Waals surface area contributed by atoms with E-state index < -0.39 is 0 Å². The van der Waals surface area contributed by atoms with Gasteiger partial charge >= 0.3 is 0 Å². The first-order valence-electron chi connectivity index (χ1n) is 6.87. The maximum absolute atomic E-state index is 5.88. The molecule has 0 aliphatic heterocycles. The highest BCUT2D eigenvalue weighted by molar-refractivity contribution is 6.17. The SMILES string of the molecule is Cc1nc(N(C)C2CCC(C)CC2)ccc1CCl. The first kappa shape index (κ1) is 13.7. The first-order chi connectivity index (χ1) is 8.61. The third kappa shape index (κ3) is 2.97. The molecule has 0 saturated heterocycles. The maximum Gasteiger partial charge on any atom is 0.128 e. The van der Waals surface area contributed by atoms with E-state index in [0.717, 1.165) is 23.0 Å². The Hall–Kier alpha value is -0.760. The molecule has 0 atom stereocenters. The van der Waals surface area contributed by atoms with Crippen LogP contribution in [0, 0.1) is 12.8 Å². The molecule has 1 aliphatic carbocycles. The maximum atomic E-state index is 5.88. The van der Waals surface area contributed by atoms with Crippen LogP contribution in [-0.2, 0) is 5.88 Å². The molecule has 1 aromatic heterocycles. The number of anilines is 1. The van der Waals surface area contributed by atoms with E-state index in [4.69, 9.17) is 11.6 Å². The summed E-state index contributed by atoms with van der Waals surface area (Å²) in [5.74, 6) is 2.52. The summed E-state index contributed by atoms with van der Waals surface area (Å²) in [5, 5.41) is 0. The van der Waals surface area contributed by atoms with Gasteiger partial charge in [0.1, 0.15) is 5.82 Å². The second kappa shape index (κ2) is 5.92. The van der Waals surface area contributed by atoms with Gasteiger partial charge in [-0.05, 0) is 50.2 Å². The van der Waals surface area contributed by atoms with E-state index in [1.165, 1.54) is 25.7 Å². The fourth-order valence-corrected chi connectivity index (χ4v) is 3.01. The van der Waals surface area contributed by atoms with Gasteiger partial charge < -0.3 is 4.90 Å². The van der Waals surface area contributed by atoms with Gasteiger partial charge in [-0.2, -0.15) is 0 Å². The molecule has 18 heavy (non-hydrogen) atoms. The summed E-state index contributed by atoms with van der Waals surface area (Å²) in [6.45, 7) is 4.39. The fourth-order valence-electron chi connectivity index (χ4n) is 2.73. The molecule has 0 unspecified atom stereocenters. The highest BCUT2D eigenvalue weighted by Crippen LogP contribution is 2.29. The standard InChI is InChI=1S/C15H23ClN2/c1-11-4-7-14(8-5-11)18(3)15-9-6-13(10-16)12(2)17-15/h6,9,11,14H,4-5,7-8,10H2,1-3H3. The number of hydrogen-bond acceptors (Lipinski definition) is 2. The lowest BCUT2D eigenvalue weighted by molar-refractivity contribution is 0.340. The van der Waals surface area contributed by atoms with Crippen LogP contribution in [0.2, 0.25) is 0 Å². The zero-order valence-corrected chi connectivity index (χ0v) is 12.4. The van der Waals surface area contributed by atoms with Crippen LogP contribution in [0.5, 0.6) is 0 Å². The molecular formula is C15H23ClN2. The Morgan fingerprint density at radius 2 is 1.94 bits per heavy atom. The molecule has 1 aliphatic rings. The normalized spacial score (nSPS) is 24.0. The highest BCUT2D eigenvalue weighted by atomic mass is 35.5. The molecule has 0 spiro atoms. The molecule has 1 saturated carbocycles. The number of alkyl halides is 1. The molecule has 2 nitrogen and oxygen atoms in total. The molecule has 0 bridgehead atoms. The molecule has 0 amide bonds. The molecule has 1 aromatic rings. The Balaban J connectivity index is 2.08. The fraction of sp³-hybridized carbons (Fsp3) is 0.667. The largest absolute Gasteiger partial charge is 0.357 e. The number of aromatic nitrogens is 1. The Morgan fingerprint density at radius 1 is 1.28 bits per heavy atom. The predicted molar refractivity (Wildman–Crippen MR) is 78.4 cm³/mol. The average Bonchev–Trinajstić information content (AvgIpc) is 2.38. The van der Waals surface area contributed by atoms with Gasteiger partial charge in [-0.1, -0.05) is 13.0 Å². The summed E-state index contributed by atoms with van der Waals surface area (Å²) in [6, 6.07) is 4.85. The smallest absolute Gasteiger partial charge is 0.128 e. The van der Waals surface area contributed by atoms with E-state index in [1.54, 1.807) is 0 Å². The summed E-state index contributed by atoms with van der Waals surface area (Å²) in [6.07, 6.45) is 5.26. The Kier molecular flexibility index (Phi) is 4.50. The van der Waals surface area contributed by atoms with Crippen LogP contribution in [0.1, 0.15) is 43.9 Å². The van der Waals surface area contributed by atoms with Crippen LogP contribution in [-0.4, -0.2) is 18.1 Å². The highest BCUT2D eigenvalue weighted by Gasteiger charge is 2.22. The molecule has 0 radical (unpaired) electrons. The van der Waals surface area contributed by atoms with Gasteiger partial charge in [-0.15, -0.1) is 11.6 Å². The van der Waals surface area contributed by atoms with Gasteiger partial charge in [0.15, 0.2) is 0 Å². The molecular weight excluding hydrogens is 244 g/mol. The molecule has 2 rings (SSSR count). The van der Waals surface area contributed by atoms with Crippen molar-refractivity contribution < 1.29 is 0 Å². The van der Waals surface area contributed by atoms with Gasteiger partial charge in [0, 0.05) is 24.7 Å². The Morgan fingerprint density at radius 3 is 2.50 bits per heavy atom. The van der Waals surface area contributed by atoms with Crippen LogP contribution >= 0.6 is 11.6 Å². The molecule has 0 aromatic carbocycles. The van der Waals surface area contributed by atoms with Crippen LogP contribution in [0.4, 0.5) is 5.82 Å². The van der Waals surface area contributed by atoms with Crippen molar-refractivity contribution in [3.63, 3.8) is 0 Å². The lowest BCUT2D eigenvalue weighted by Crippen LogP contribution is -2.35. The van der Waals surface area contributed by atoms with Crippen LogP contribution in [0.3, 0.4) is 0 Å². The van der Waals surface area contributed by atoms with E-state index in [-0.39, 0.29) is 0 Å². The van der Waals surface area contributed by atoms with Gasteiger partial charge in [0.2, 0.25) is 0 Å². The van der Waals surface area contributed by atoms with Gasteiger partial charge in [0.25, 0.3) is 0 Å². The van der Waals surface area contributed by atoms with Crippen molar-refractivity contribution in [2.45, 2.75) is 51.5 Å².